The van der Waals surface area contributed by atoms with Crippen molar-refractivity contribution in [2.45, 2.75) is 40.0 Å². The lowest BCUT2D eigenvalue weighted by atomic mass is 9.83. The van der Waals surface area contributed by atoms with Crippen LogP contribution in [0.5, 0.6) is 0 Å². The molecule has 0 saturated heterocycles. The van der Waals surface area contributed by atoms with Gasteiger partial charge in [0.05, 0.1) is 0 Å². The second kappa shape index (κ2) is 5.21. The summed E-state index contributed by atoms with van der Waals surface area (Å²) in [5, 5.41) is 0. The highest BCUT2D eigenvalue weighted by molar-refractivity contribution is 4.96. The van der Waals surface area contributed by atoms with Crippen LogP contribution in [0.15, 0.2) is 0 Å². The molecule has 0 bridgehead atoms. The molecule has 2 N–H and O–H groups in total. The van der Waals surface area contributed by atoms with Crippen molar-refractivity contribution in [3.8, 4) is 11.8 Å². The van der Waals surface area contributed by atoms with Gasteiger partial charge in [0.25, 0.3) is 0 Å². The monoisotopic (exact) mass is 153 g/mol. The van der Waals surface area contributed by atoms with Gasteiger partial charge in [0, 0.05) is 6.42 Å². The fourth-order valence-electron chi connectivity index (χ4n) is 0.912. The van der Waals surface area contributed by atoms with Gasteiger partial charge in [-0.3, -0.25) is 0 Å². The van der Waals surface area contributed by atoms with Gasteiger partial charge < -0.3 is 5.73 Å². The van der Waals surface area contributed by atoms with Gasteiger partial charge in [0.1, 0.15) is 0 Å². The molecule has 1 atom stereocenters. The Morgan fingerprint density at radius 2 is 2.09 bits per heavy atom. The van der Waals surface area contributed by atoms with E-state index in [2.05, 4.69) is 25.7 Å². The molecule has 0 aromatic carbocycles. The maximum Gasteiger partial charge on any atom is 0.00942 e. The minimum Gasteiger partial charge on any atom is -0.330 e. The quantitative estimate of drug-likeness (QED) is 0.615. The van der Waals surface area contributed by atoms with Crippen molar-refractivity contribution in [3.63, 3.8) is 0 Å². The van der Waals surface area contributed by atoms with Gasteiger partial charge >= 0.3 is 0 Å². The van der Waals surface area contributed by atoms with E-state index in [0.29, 0.717) is 5.41 Å². The van der Waals surface area contributed by atoms with Gasteiger partial charge in [-0.05, 0) is 31.7 Å². The molecule has 0 saturated carbocycles. The van der Waals surface area contributed by atoms with Crippen LogP contribution in [-0.4, -0.2) is 6.54 Å². The number of rotatable bonds is 4. The van der Waals surface area contributed by atoms with Crippen LogP contribution < -0.4 is 5.73 Å². The van der Waals surface area contributed by atoms with E-state index in [9.17, 15) is 0 Å². The van der Waals surface area contributed by atoms with E-state index in [-0.39, 0.29) is 0 Å². The maximum atomic E-state index is 5.65. The predicted octanol–water partition coefficient (Wildman–Crippen LogP) is 2.16. The van der Waals surface area contributed by atoms with Crippen LogP contribution in [0.4, 0.5) is 0 Å². The molecule has 1 heteroatoms. The van der Waals surface area contributed by atoms with Crippen molar-refractivity contribution in [1.29, 1.82) is 0 Å². The van der Waals surface area contributed by atoms with Gasteiger partial charge in [0.2, 0.25) is 0 Å². The lowest BCUT2D eigenvalue weighted by Crippen LogP contribution is -2.26. The number of hydrogen-bond donors (Lipinski definition) is 1. The Balaban J connectivity index is 3.74. The molecule has 0 aliphatic rings. The van der Waals surface area contributed by atoms with E-state index in [1.54, 1.807) is 0 Å². The van der Waals surface area contributed by atoms with E-state index in [1.165, 1.54) is 0 Å². The molecule has 1 nitrogen and oxygen atoms in total. The lowest BCUT2D eigenvalue weighted by Gasteiger charge is -2.24. The van der Waals surface area contributed by atoms with E-state index in [4.69, 9.17) is 5.73 Å². The summed E-state index contributed by atoms with van der Waals surface area (Å²) in [4.78, 5) is 0. The first-order valence-electron chi connectivity index (χ1n) is 4.28. The zero-order valence-corrected chi connectivity index (χ0v) is 7.91. The van der Waals surface area contributed by atoms with Gasteiger partial charge in [-0.15, -0.1) is 11.8 Å². The lowest BCUT2D eigenvalue weighted by molar-refractivity contribution is 0.300. The van der Waals surface area contributed by atoms with Crippen LogP contribution in [0.3, 0.4) is 0 Å². The smallest absolute Gasteiger partial charge is 0.00942 e. The van der Waals surface area contributed by atoms with E-state index in [0.717, 1.165) is 25.8 Å². The minimum atomic E-state index is 0.309. The van der Waals surface area contributed by atoms with Crippen molar-refractivity contribution in [2.75, 3.05) is 6.54 Å². The van der Waals surface area contributed by atoms with Crippen LogP contribution in [0, 0.1) is 17.3 Å². The SMILES string of the molecule is CC#CCCC(C)(CC)CN. The summed E-state index contributed by atoms with van der Waals surface area (Å²) in [6.07, 6.45) is 3.26. The maximum absolute atomic E-state index is 5.65. The van der Waals surface area contributed by atoms with Gasteiger partial charge in [-0.2, -0.15) is 0 Å². The predicted molar refractivity (Wildman–Crippen MR) is 50.1 cm³/mol. The molecule has 0 aromatic heterocycles. The first-order chi connectivity index (χ1) is 5.18. The highest BCUT2D eigenvalue weighted by Crippen LogP contribution is 2.24. The molecule has 0 aliphatic carbocycles. The van der Waals surface area contributed by atoms with Crippen LogP contribution in [0.1, 0.15) is 40.0 Å². The van der Waals surface area contributed by atoms with Crippen LogP contribution in [-0.2, 0) is 0 Å². The van der Waals surface area contributed by atoms with Crippen LogP contribution in [0.2, 0.25) is 0 Å². The molecule has 64 valence electrons. The average molecular weight is 153 g/mol. The van der Waals surface area contributed by atoms with Gasteiger partial charge in [-0.25, -0.2) is 0 Å². The fraction of sp³-hybridized carbons (Fsp3) is 0.800. The summed E-state index contributed by atoms with van der Waals surface area (Å²) in [6, 6.07) is 0. The van der Waals surface area contributed by atoms with E-state index >= 15 is 0 Å². The fourth-order valence-corrected chi connectivity index (χ4v) is 0.912. The topological polar surface area (TPSA) is 26.0 Å². The molecule has 0 aliphatic heterocycles. The third-order valence-corrected chi connectivity index (χ3v) is 2.38. The van der Waals surface area contributed by atoms with Crippen molar-refractivity contribution in [3.05, 3.63) is 0 Å². The minimum absolute atomic E-state index is 0.309. The van der Waals surface area contributed by atoms with Crippen LogP contribution >= 0.6 is 0 Å². The molecule has 1 unspecified atom stereocenters. The molecular weight excluding hydrogens is 134 g/mol. The van der Waals surface area contributed by atoms with Crippen molar-refractivity contribution < 1.29 is 0 Å². The van der Waals surface area contributed by atoms with Crippen molar-refractivity contribution in [1.82, 2.24) is 0 Å². The summed E-state index contributed by atoms with van der Waals surface area (Å²) in [7, 11) is 0. The van der Waals surface area contributed by atoms with Gasteiger partial charge in [-0.1, -0.05) is 13.8 Å². The second-order valence-electron chi connectivity index (χ2n) is 3.30. The molecule has 0 aromatic rings. The first-order valence-corrected chi connectivity index (χ1v) is 4.28. The summed E-state index contributed by atoms with van der Waals surface area (Å²) in [5.41, 5.74) is 5.96. The first kappa shape index (κ1) is 10.5. The van der Waals surface area contributed by atoms with E-state index in [1.807, 2.05) is 6.92 Å². The summed E-state index contributed by atoms with van der Waals surface area (Å²) >= 11 is 0. The number of nitrogens with two attached hydrogens (primary N) is 1. The summed E-state index contributed by atoms with van der Waals surface area (Å²) in [6.45, 7) is 7.07. The molecule has 0 fully saturated rings. The Hall–Kier alpha value is -0.480. The Kier molecular flexibility index (Phi) is 4.98. The molecule has 0 spiro atoms. The third-order valence-electron chi connectivity index (χ3n) is 2.38. The second-order valence-corrected chi connectivity index (χ2v) is 3.30. The molecule has 0 rings (SSSR count). The molecule has 0 heterocycles. The zero-order chi connectivity index (χ0) is 8.74. The molecular formula is C10H19N. The van der Waals surface area contributed by atoms with Crippen molar-refractivity contribution >= 4 is 0 Å². The average Bonchev–Trinajstić information content (AvgIpc) is 2.05. The third kappa shape index (κ3) is 4.06. The normalized spacial score (nSPS) is 14.9. The van der Waals surface area contributed by atoms with E-state index < -0.39 is 0 Å². The highest BCUT2D eigenvalue weighted by atomic mass is 14.6. The van der Waals surface area contributed by atoms with Crippen LogP contribution in [0.25, 0.3) is 0 Å². The Morgan fingerprint density at radius 1 is 1.45 bits per heavy atom. The molecule has 0 amide bonds. The highest BCUT2D eigenvalue weighted by Gasteiger charge is 2.18. The molecule has 0 radical (unpaired) electrons. The Labute approximate surface area is 70.4 Å². The Bertz CT molecular complexity index is 146. The molecule has 11 heavy (non-hydrogen) atoms. The Morgan fingerprint density at radius 3 is 2.45 bits per heavy atom. The zero-order valence-electron chi connectivity index (χ0n) is 7.91. The summed E-state index contributed by atoms with van der Waals surface area (Å²) in [5.74, 6) is 5.96. The largest absolute Gasteiger partial charge is 0.330 e. The standard InChI is InChI=1S/C10H19N/c1-4-6-7-8-10(3,5-2)9-11/h5,7-9,11H2,1-3H3. The number of hydrogen-bond acceptors (Lipinski definition) is 1. The summed E-state index contributed by atoms with van der Waals surface area (Å²) < 4.78 is 0. The van der Waals surface area contributed by atoms with Gasteiger partial charge in [0.15, 0.2) is 0 Å². The van der Waals surface area contributed by atoms with Crippen molar-refractivity contribution in [2.24, 2.45) is 11.1 Å².